The van der Waals surface area contributed by atoms with Gasteiger partial charge in [-0.2, -0.15) is 0 Å². The summed E-state index contributed by atoms with van der Waals surface area (Å²) >= 11 is 3.45. The van der Waals surface area contributed by atoms with Crippen molar-refractivity contribution in [3.05, 3.63) is 28.2 Å². The first kappa shape index (κ1) is 14.3. The third-order valence-electron chi connectivity index (χ3n) is 3.20. The standard InChI is InChI=1S/C14H19BrN2O2/c1-9(18)12-6-5-11(7-13(12)15)17(2)8-14(19)16-10-3-4-10/h5-7,9-10,18H,3-4,8H2,1-2H3,(H,16,19)/t9-/m0/s1. The number of carbonyl (C=O) groups is 1. The van der Waals surface area contributed by atoms with Gasteiger partial charge in [-0.1, -0.05) is 22.0 Å². The summed E-state index contributed by atoms with van der Waals surface area (Å²) in [7, 11) is 1.89. The number of anilines is 1. The normalized spacial score (nSPS) is 16.0. The lowest BCUT2D eigenvalue weighted by molar-refractivity contribution is -0.119. The topological polar surface area (TPSA) is 52.6 Å². The van der Waals surface area contributed by atoms with Crippen LogP contribution in [0.5, 0.6) is 0 Å². The van der Waals surface area contributed by atoms with E-state index in [0.717, 1.165) is 28.6 Å². The fraction of sp³-hybridized carbons (Fsp3) is 0.500. The van der Waals surface area contributed by atoms with Gasteiger partial charge >= 0.3 is 0 Å². The number of rotatable bonds is 5. The summed E-state index contributed by atoms with van der Waals surface area (Å²) in [5.41, 5.74) is 1.79. The van der Waals surface area contributed by atoms with E-state index < -0.39 is 6.10 Å². The van der Waals surface area contributed by atoms with E-state index in [-0.39, 0.29) is 5.91 Å². The summed E-state index contributed by atoms with van der Waals surface area (Å²) in [5, 5.41) is 12.5. The fourth-order valence-corrected chi connectivity index (χ4v) is 2.60. The largest absolute Gasteiger partial charge is 0.389 e. The second kappa shape index (κ2) is 5.92. The lowest BCUT2D eigenvalue weighted by Gasteiger charge is -2.20. The number of amides is 1. The van der Waals surface area contributed by atoms with Gasteiger partial charge < -0.3 is 15.3 Å². The van der Waals surface area contributed by atoms with Crippen LogP contribution in [0.1, 0.15) is 31.4 Å². The molecular weight excluding hydrogens is 308 g/mol. The summed E-state index contributed by atoms with van der Waals surface area (Å²) in [4.78, 5) is 13.6. The Kier molecular flexibility index (Phi) is 4.47. The van der Waals surface area contributed by atoms with E-state index in [1.54, 1.807) is 6.92 Å². The van der Waals surface area contributed by atoms with E-state index in [9.17, 15) is 9.90 Å². The van der Waals surface area contributed by atoms with Crippen LogP contribution in [-0.2, 0) is 4.79 Å². The molecule has 0 aliphatic heterocycles. The Morgan fingerprint density at radius 3 is 2.79 bits per heavy atom. The Bertz CT molecular complexity index is 473. The number of nitrogens with one attached hydrogen (secondary N) is 1. The van der Waals surface area contributed by atoms with Crippen LogP contribution in [0.2, 0.25) is 0 Å². The number of likely N-dealkylation sites (N-methyl/N-ethyl adjacent to an activating group) is 1. The second-order valence-electron chi connectivity index (χ2n) is 5.08. The van der Waals surface area contributed by atoms with E-state index in [0.29, 0.717) is 12.6 Å². The molecule has 5 heteroatoms. The van der Waals surface area contributed by atoms with Gasteiger partial charge in [-0.15, -0.1) is 0 Å². The lowest BCUT2D eigenvalue weighted by Crippen LogP contribution is -2.36. The van der Waals surface area contributed by atoms with Crippen molar-refractivity contribution in [2.45, 2.75) is 31.9 Å². The molecule has 104 valence electrons. The predicted molar refractivity (Wildman–Crippen MR) is 79.2 cm³/mol. The van der Waals surface area contributed by atoms with Crippen LogP contribution in [0, 0.1) is 0 Å². The minimum atomic E-state index is -0.508. The molecule has 1 aliphatic carbocycles. The van der Waals surface area contributed by atoms with Gasteiger partial charge in [0.2, 0.25) is 5.91 Å². The highest BCUT2D eigenvalue weighted by Gasteiger charge is 2.23. The maximum atomic E-state index is 11.7. The Labute approximate surface area is 121 Å². The number of halogens is 1. The van der Waals surface area contributed by atoms with Crippen LogP contribution in [0.4, 0.5) is 5.69 Å². The van der Waals surface area contributed by atoms with Crippen molar-refractivity contribution in [3.8, 4) is 0 Å². The van der Waals surface area contributed by atoms with Crippen molar-refractivity contribution < 1.29 is 9.90 Å². The molecule has 0 bridgehead atoms. The average molecular weight is 327 g/mol. The van der Waals surface area contributed by atoms with Gasteiger partial charge in [-0.25, -0.2) is 0 Å². The lowest BCUT2D eigenvalue weighted by atomic mass is 10.1. The number of hydrogen-bond acceptors (Lipinski definition) is 3. The highest BCUT2D eigenvalue weighted by Crippen LogP contribution is 2.27. The van der Waals surface area contributed by atoms with E-state index >= 15 is 0 Å². The number of hydrogen-bond donors (Lipinski definition) is 2. The maximum absolute atomic E-state index is 11.7. The summed E-state index contributed by atoms with van der Waals surface area (Å²) in [5.74, 6) is 0.0562. The molecule has 4 nitrogen and oxygen atoms in total. The van der Waals surface area contributed by atoms with Crippen molar-refractivity contribution in [2.75, 3.05) is 18.5 Å². The quantitative estimate of drug-likeness (QED) is 0.872. The molecule has 1 aliphatic rings. The first-order chi connectivity index (χ1) is 8.97. The minimum Gasteiger partial charge on any atom is -0.389 e. The van der Waals surface area contributed by atoms with E-state index in [4.69, 9.17) is 0 Å². The van der Waals surface area contributed by atoms with Gasteiger partial charge in [-0.05, 0) is 37.5 Å². The molecule has 0 saturated heterocycles. The Morgan fingerprint density at radius 1 is 1.58 bits per heavy atom. The second-order valence-corrected chi connectivity index (χ2v) is 5.93. The monoisotopic (exact) mass is 326 g/mol. The molecule has 1 aromatic carbocycles. The zero-order valence-electron chi connectivity index (χ0n) is 11.2. The van der Waals surface area contributed by atoms with Gasteiger partial charge in [-0.3, -0.25) is 4.79 Å². The van der Waals surface area contributed by atoms with Crippen molar-refractivity contribution in [3.63, 3.8) is 0 Å². The number of carbonyl (C=O) groups excluding carboxylic acids is 1. The summed E-state index contributed by atoms with van der Waals surface area (Å²) in [6.45, 7) is 2.07. The maximum Gasteiger partial charge on any atom is 0.239 e. The number of benzene rings is 1. The van der Waals surface area contributed by atoms with Crippen LogP contribution in [0.25, 0.3) is 0 Å². The fourth-order valence-electron chi connectivity index (χ4n) is 1.90. The molecule has 0 aromatic heterocycles. The van der Waals surface area contributed by atoms with Crippen molar-refractivity contribution in [1.82, 2.24) is 5.32 Å². The van der Waals surface area contributed by atoms with Gasteiger partial charge in [0.15, 0.2) is 0 Å². The van der Waals surface area contributed by atoms with E-state index in [2.05, 4.69) is 21.2 Å². The minimum absolute atomic E-state index is 0.0562. The Morgan fingerprint density at radius 2 is 2.26 bits per heavy atom. The van der Waals surface area contributed by atoms with Crippen LogP contribution >= 0.6 is 15.9 Å². The molecule has 0 unspecified atom stereocenters. The highest BCUT2D eigenvalue weighted by atomic mass is 79.9. The third-order valence-corrected chi connectivity index (χ3v) is 3.88. The molecule has 2 rings (SSSR count). The molecule has 1 fully saturated rings. The van der Waals surface area contributed by atoms with Crippen LogP contribution in [-0.4, -0.2) is 30.6 Å². The summed E-state index contributed by atoms with van der Waals surface area (Å²) in [6.07, 6.45) is 1.70. The number of aliphatic hydroxyl groups is 1. The van der Waals surface area contributed by atoms with Gasteiger partial charge in [0, 0.05) is 23.2 Å². The van der Waals surface area contributed by atoms with Crippen LogP contribution in [0.15, 0.2) is 22.7 Å². The molecule has 1 aromatic rings. The van der Waals surface area contributed by atoms with Gasteiger partial charge in [0.05, 0.1) is 12.6 Å². The zero-order valence-corrected chi connectivity index (χ0v) is 12.8. The van der Waals surface area contributed by atoms with Crippen LogP contribution < -0.4 is 10.2 Å². The molecule has 1 saturated carbocycles. The molecule has 0 heterocycles. The predicted octanol–water partition coefficient (Wildman–Crippen LogP) is 2.22. The Hall–Kier alpha value is -1.07. The van der Waals surface area contributed by atoms with Crippen molar-refractivity contribution >= 4 is 27.5 Å². The molecule has 1 atom stereocenters. The number of nitrogens with zero attached hydrogens (tertiary/aromatic N) is 1. The molecule has 2 N–H and O–H groups in total. The average Bonchev–Trinajstić information content (AvgIpc) is 3.11. The summed E-state index contributed by atoms with van der Waals surface area (Å²) < 4.78 is 0.856. The zero-order chi connectivity index (χ0) is 14.0. The first-order valence-corrected chi connectivity index (χ1v) is 7.24. The van der Waals surface area contributed by atoms with Crippen molar-refractivity contribution in [1.29, 1.82) is 0 Å². The Balaban J connectivity index is 1.99. The SMILES string of the molecule is C[C@H](O)c1ccc(N(C)CC(=O)NC2CC2)cc1Br. The first-order valence-electron chi connectivity index (χ1n) is 6.45. The number of aliphatic hydroxyl groups excluding tert-OH is 1. The van der Waals surface area contributed by atoms with Crippen molar-refractivity contribution in [2.24, 2.45) is 0 Å². The van der Waals surface area contributed by atoms with E-state index in [1.165, 1.54) is 0 Å². The highest BCUT2D eigenvalue weighted by molar-refractivity contribution is 9.10. The van der Waals surface area contributed by atoms with E-state index in [1.807, 2.05) is 30.1 Å². The van der Waals surface area contributed by atoms with Gasteiger partial charge in [0.25, 0.3) is 0 Å². The molecule has 0 spiro atoms. The summed E-state index contributed by atoms with van der Waals surface area (Å²) in [6, 6.07) is 6.11. The molecule has 19 heavy (non-hydrogen) atoms. The smallest absolute Gasteiger partial charge is 0.239 e. The molecule has 0 radical (unpaired) electrons. The van der Waals surface area contributed by atoms with Gasteiger partial charge in [0.1, 0.15) is 0 Å². The molecule has 1 amide bonds. The molecular formula is C14H19BrN2O2. The van der Waals surface area contributed by atoms with Crippen LogP contribution in [0.3, 0.4) is 0 Å². The third kappa shape index (κ3) is 3.94.